The summed E-state index contributed by atoms with van der Waals surface area (Å²) in [6, 6.07) is 1.79. The molecule has 0 unspecified atom stereocenters. The maximum atomic E-state index is 11.2. The van der Waals surface area contributed by atoms with E-state index in [0.29, 0.717) is 0 Å². The van der Waals surface area contributed by atoms with E-state index in [0.717, 1.165) is 22.7 Å². The van der Waals surface area contributed by atoms with Crippen LogP contribution in [0.15, 0.2) is 10.7 Å². The van der Waals surface area contributed by atoms with Crippen molar-refractivity contribution in [3.8, 4) is 0 Å². The first kappa shape index (κ1) is 12.9. The largest absolute Gasteiger partial charge is 0.358 e. The predicted octanol–water partition coefficient (Wildman–Crippen LogP) is 0.984. The maximum absolute atomic E-state index is 11.2. The van der Waals surface area contributed by atoms with Crippen LogP contribution in [0.1, 0.15) is 12.7 Å². The van der Waals surface area contributed by atoms with Gasteiger partial charge >= 0.3 is 0 Å². The van der Waals surface area contributed by atoms with E-state index in [-0.39, 0.29) is 12.5 Å². The summed E-state index contributed by atoms with van der Waals surface area (Å²) in [4.78, 5) is 21.6. The molecule has 5 nitrogen and oxygen atoms in total. The average molecular weight is 287 g/mol. The molecule has 0 aromatic carbocycles. The van der Waals surface area contributed by atoms with Crippen molar-refractivity contribution in [2.24, 2.45) is 0 Å². The van der Waals surface area contributed by atoms with Crippen LogP contribution in [0.2, 0.25) is 0 Å². The van der Waals surface area contributed by atoms with Gasteiger partial charge in [0.2, 0.25) is 5.91 Å². The molecule has 0 radical (unpaired) electrons. The summed E-state index contributed by atoms with van der Waals surface area (Å²) in [5.41, 5.74) is 0. The Morgan fingerprint density at radius 1 is 1.56 bits per heavy atom. The third-order valence-electron chi connectivity index (χ3n) is 2.09. The highest BCUT2D eigenvalue weighted by atomic mass is 79.9. The molecule has 1 N–H and O–H groups in total. The fraction of sp³-hybridized carbons (Fsp3) is 0.500. The molecular formula is C10H15BrN4O. The number of aryl methyl sites for hydroxylation is 1. The van der Waals surface area contributed by atoms with Crippen LogP contribution < -0.4 is 10.2 Å². The van der Waals surface area contributed by atoms with Gasteiger partial charge in [-0.15, -0.1) is 0 Å². The molecule has 1 aromatic rings. The lowest BCUT2D eigenvalue weighted by molar-refractivity contribution is -0.119. The van der Waals surface area contributed by atoms with Crippen molar-refractivity contribution in [2.45, 2.75) is 13.3 Å². The van der Waals surface area contributed by atoms with E-state index in [2.05, 4.69) is 31.2 Å². The zero-order valence-electron chi connectivity index (χ0n) is 9.62. The summed E-state index contributed by atoms with van der Waals surface area (Å²) >= 11 is 3.33. The molecule has 1 rings (SSSR count). The van der Waals surface area contributed by atoms with Gasteiger partial charge in [-0.3, -0.25) is 4.79 Å². The lowest BCUT2D eigenvalue weighted by atomic mass is 10.4. The standard InChI is InChI=1S/C10H15BrN4O/c1-4-8-13-7(11)5-9(14-8)15(3)6-10(16)12-2/h5H,4,6H2,1-3H3,(H,12,16). The molecule has 88 valence electrons. The maximum Gasteiger partial charge on any atom is 0.239 e. The number of aromatic nitrogens is 2. The van der Waals surface area contributed by atoms with Gasteiger partial charge in [-0.25, -0.2) is 9.97 Å². The third kappa shape index (κ3) is 3.44. The van der Waals surface area contributed by atoms with Crippen LogP contribution in [0.25, 0.3) is 0 Å². The summed E-state index contributed by atoms with van der Waals surface area (Å²) < 4.78 is 0.734. The Bertz CT molecular complexity index is 383. The fourth-order valence-electron chi connectivity index (χ4n) is 1.18. The van der Waals surface area contributed by atoms with Crippen molar-refractivity contribution in [3.05, 3.63) is 16.5 Å². The second kappa shape index (κ2) is 5.79. The zero-order chi connectivity index (χ0) is 12.1. The summed E-state index contributed by atoms with van der Waals surface area (Å²) in [6.45, 7) is 2.27. The molecule has 0 aliphatic carbocycles. The highest BCUT2D eigenvalue weighted by Gasteiger charge is 2.09. The molecule has 16 heavy (non-hydrogen) atoms. The molecule has 0 saturated carbocycles. The van der Waals surface area contributed by atoms with Crippen molar-refractivity contribution in [1.82, 2.24) is 15.3 Å². The monoisotopic (exact) mass is 286 g/mol. The Kier molecular flexibility index (Phi) is 4.67. The van der Waals surface area contributed by atoms with Crippen LogP contribution in [0.3, 0.4) is 0 Å². The Morgan fingerprint density at radius 3 is 2.81 bits per heavy atom. The van der Waals surface area contributed by atoms with Crippen LogP contribution in [-0.2, 0) is 11.2 Å². The second-order valence-electron chi connectivity index (χ2n) is 3.35. The Labute approximate surface area is 103 Å². The molecule has 0 atom stereocenters. The van der Waals surface area contributed by atoms with E-state index < -0.39 is 0 Å². The number of likely N-dealkylation sites (N-methyl/N-ethyl adjacent to an activating group) is 2. The van der Waals surface area contributed by atoms with Gasteiger partial charge in [0.25, 0.3) is 0 Å². The highest BCUT2D eigenvalue weighted by molar-refractivity contribution is 9.10. The third-order valence-corrected chi connectivity index (χ3v) is 2.50. The molecule has 1 amide bonds. The molecule has 6 heteroatoms. The normalized spacial score (nSPS) is 10.0. The molecule has 0 aliphatic rings. The van der Waals surface area contributed by atoms with Crippen molar-refractivity contribution < 1.29 is 4.79 Å². The lowest BCUT2D eigenvalue weighted by Gasteiger charge is -2.17. The molecule has 0 fully saturated rings. The molecule has 0 aliphatic heterocycles. The second-order valence-corrected chi connectivity index (χ2v) is 4.16. The van der Waals surface area contributed by atoms with Crippen LogP contribution in [0.5, 0.6) is 0 Å². The van der Waals surface area contributed by atoms with Crippen molar-refractivity contribution >= 4 is 27.7 Å². The van der Waals surface area contributed by atoms with Crippen LogP contribution >= 0.6 is 15.9 Å². The van der Waals surface area contributed by atoms with Gasteiger partial charge < -0.3 is 10.2 Å². The lowest BCUT2D eigenvalue weighted by Crippen LogP contribution is -2.33. The van der Waals surface area contributed by atoms with Crippen LogP contribution in [0, 0.1) is 0 Å². The van der Waals surface area contributed by atoms with Gasteiger partial charge in [-0.1, -0.05) is 6.92 Å². The van der Waals surface area contributed by atoms with Gasteiger partial charge in [0.05, 0.1) is 6.54 Å². The van der Waals surface area contributed by atoms with Crippen molar-refractivity contribution in [3.63, 3.8) is 0 Å². The van der Waals surface area contributed by atoms with Gasteiger partial charge in [0, 0.05) is 26.6 Å². The number of anilines is 1. The number of halogens is 1. The molecular weight excluding hydrogens is 272 g/mol. The Hall–Kier alpha value is -1.17. The SMILES string of the molecule is CCc1nc(Br)cc(N(C)CC(=O)NC)n1. The molecule has 0 bridgehead atoms. The Balaban J connectivity index is 2.86. The number of amides is 1. The summed E-state index contributed by atoms with van der Waals surface area (Å²) in [6.07, 6.45) is 0.764. The van der Waals surface area contributed by atoms with E-state index in [4.69, 9.17) is 0 Å². The summed E-state index contributed by atoms with van der Waals surface area (Å²) in [5, 5.41) is 2.57. The van der Waals surface area contributed by atoms with E-state index >= 15 is 0 Å². The topological polar surface area (TPSA) is 58.1 Å². The minimum atomic E-state index is -0.0460. The number of carbonyl (C=O) groups excluding carboxylic acids is 1. The molecule has 1 aromatic heterocycles. The van der Waals surface area contributed by atoms with Gasteiger partial charge in [-0.2, -0.15) is 0 Å². The van der Waals surface area contributed by atoms with E-state index in [1.807, 2.05) is 14.0 Å². The average Bonchev–Trinajstić information content (AvgIpc) is 2.27. The first-order chi connectivity index (χ1) is 7.56. The number of nitrogens with one attached hydrogen (secondary N) is 1. The highest BCUT2D eigenvalue weighted by Crippen LogP contribution is 2.15. The van der Waals surface area contributed by atoms with Crippen LogP contribution in [-0.4, -0.2) is 36.5 Å². The number of hydrogen-bond donors (Lipinski definition) is 1. The Morgan fingerprint density at radius 2 is 2.25 bits per heavy atom. The molecule has 0 saturated heterocycles. The minimum absolute atomic E-state index is 0.0460. The predicted molar refractivity (Wildman–Crippen MR) is 66.4 cm³/mol. The quantitative estimate of drug-likeness (QED) is 0.839. The summed E-state index contributed by atoms with van der Waals surface area (Å²) in [7, 11) is 3.44. The zero-order valence-corrected chi connectivity index (χ0v) is 11.2. The van der Waals surface area contributed by atoms with Crippen LogP contribution in [0.4, 0.5) is 5.82 Å². The molecule has 1 heterocycles. The first-order valence-electron chi connectivity index (χ1n) is 5.02. The van der Waals surface area contributed by atoms with Gasteiger partial charge in [-0.05, 0) is 15.9 Å². The minimum Gasteiger partial charge on any atom is -0.358 e. The van der Waals surface area contributed by atoms with E-state index in [9.17, 15) is 4.79 Å². The van der Waals surface area contributed by atoms with E-state index in [1.165, 1.54) is 0 Å². The number of hydrogen-bond acceptors (Lipinski definition) is 4. The van der Waals surface area contributed by atoms with Gasteiger partial charge in [0.1, 0.15) is 16.2 Å². The number of nitrogens with zero attached hydrogens (tertiary/aromatic N) is 3. The van der Waals surface area contributed by atoms with Crippen molar-refractivity contribution in [2.75, 3.05) is 25.5 Å². The fourth-order valence-corrected chi connectivity index (χ4v) is 1.59. The smallest absolute Gasteiger partial charge is 0.239 e. The first-order valence-corrected chi connectivity index (χ1v) is 5.81. The number of rotatable bonds is 4. The van der Waals surface area contributed by atoms with E-state index in [1.54, 1.807) is 18.0 Å². The van der Waals surface area contributed by atoms with Gasteiger partial charge in [0.15, 0.2) is 0 Å². The summed E-state index contributed by atoms with van der Waals surface area (Å²) in [5.74, 6) is 1.45. The van der Waals surface area contributed by atoms with Crippen molar-refractivity contribution in [1.29, 1.82) is 0 Å². The molecule has 0 spiro atoms. The number of carbonyl (C=O) groups is 1.